The lowest BCUT2D eigenvalue weighted by molar-refractivity contribution is -0.152. The molecular weight excluding hydrogens is 330 g/mol. The van der Waals surface area contributed by atoms with Gasteiger partial charge in [0, 0.05) is 12.1 Å². The van der Waals surface area contributed by atoms with Crippen molar-refractivity contribution in [1.29, 1.82) is 0 Å². The van der Waals surface area contributed by atoms with Crippen molar-refractivity contribution in [2.45, 2.75) is 37.8 Å². The molecule has 1 atom stereocenters. The van der Waals surface area contributed by atoms with E-state index in [1.165, 1.54) is 0 Å². The molecule has 0 bridgehead atoms. The molecule has 1 saturated carbocycles. The van der Waals surface area contributed by atoms with Crippen molar-refractivity contribution >= 4 is 21.7 Å². The molecule has 1 amide bonds. The Morgan fingerprint density at radius 2 is 1.79 bits per heavy atom. The summed E-state index contributed by atoms with van der Waals surface area (Å²) in [5.74, 6) is -0.597. The van der Waals surface area contributed by atoms with Crippen molar-refractivity contribution in [2.75, 3.05) is 18.1 Å². The lowest BCUT2D eigenvalue weighted by Gasteiger charge is -2.28. The molecule has 0 N–H and O–H groups in total. The standard InChI is InChI=1S/C17H21NO5S/c19-16(11-23-17(20)10-13-4-2-1-3-5-13)18(14-6-7-14)15-8-9-24(21,22)12-15/h1-5,14-15H,6-12H2/t15-/m1/s1. The van der Waals surface area contributed by atoms with Crippen LogP contribution in [0.4, 0.5) is 0 Å². The summed E-state index contributed by atoms with van der Waals surface area (Å²) in [6.45, 7) is -0.321. The van der Waals surface area contributed by atoms with E-state index in [-0.39, 0.29) is 42.5 Å². The smallest absolute Gasteiger partial charge is 0.310 e. The summed E-state index contributed by atoms with van der Waals surface area (Å²) < 4.78 is 28.4. The van der Waals surface area contributed by atoms with E-state index < -0.39 is 15.8 Å². The first-order valence-electron chi connectivity index (χ1n) is 8.16. The largest absolute Gasteiger partial charge is 0.455 e. The maximum Gasteiger partial charge on any atom is 0.310 e. The number of rotatable bonds is 6. The highest BCUT2D eigenvalue weighted by Crippen LogP contribution is 2.32. The number of benzene rings is 1. The van der Waals surface area contributed by atoms with E-state index >= 15 is 0 Å². The van der Waals surface area contributed by atoms with Crippen molar-refractivity contribution in [1.82, 2.24) is 4.90 Å². The van der Waals surface area contributed by atoms with Gasteiger partial charge in [-0.2, -0.15) is 0 Å². The Labute approximate surface area is 141 Å². The molecule has 130 valence electrons. The monoisotopic (exact) mass is 351 g/mol. The minimum Gasteiger partial charge on any atom is -0.455 e. The second-order valence-electron chi connectivity index (χ2n) is 6.41. The van der Waals surface area contributed by atoms with Crippen molar-refractivity contribution in [3.05, 3.63) is 35.9 Å². The van der Waals surface area contributed by atoms with Gasteiger partial charge in [0.2, 0.25) is 0 Å². The summed E-state index contributed by atoms with van der Waals surface area (Å²) >= 11 is 0. The van der Waals surface area contributed by atoms with Gasteiger partial charge in [-0.05, 0) is 24.8 Å². The van der Waals surface area contributed by atoms with E-state index in [4.69, 9.17) is 4.74 Å². The molecule has 2 aliphatic rings. The van der Waals surface area contributed by atoms with Gasteiger partial charge in [-0.15, -0.1) is 0 Å². The average Bonchev–Trinajstić information content (AvgIpc) is 3.30. The molecule has 0 spiro atoms. The molecule has 1 aliphatic heterocycles. The molecule has 1 aliphatic carbocycles. The van der Waals surface area contributed by atoms with Gasteiger partial charge in [-0.3, -0.25) is 9.59 Å². The molecule has 6 nitrogen and oxygen atoms in total. The van der Waals surface area contributed by atoms with Crippen molar-refractivity contribution < 1.29 is 22.7 Å². The van der Waals surface area contributed by atoms with Crippen LogP contribution in [0.3, 0.4) is 0 Å². The van der Waals surface area contributed by atoms with Gasteiger partial charge in [-0.1, -0.05) is 30.3 Å². The molecule has 0 unspecified atom stereocenters. The molecule has 1 saturated heterocycles. The van der Waals surface area contributed by atoms with E-state index in [2.05, 4.69) is 0 Å². The number of sulfone groups is 1. The number of hydrogen-bond acceptors (Lipinski definition) is 5. The van der Waals surface area contributed by atoms with Crippen LogP contribution in [0.15, 0.2) is 30.3 Å². The predicted molar refractivity (Wildman–Crippen MR) is 88.0 cm³/mol. The Bertz CT molecular complexity index is 712. The number of esters is 1. The first-order chi connectivity index (χ1) is 11.4. The van der Waals surface area contributed by atoms with Crippen LogP contribution >= 0.6 is 0 Å². The lowest BCUT2D eigenvalue weighted by atomic mass is 10.2. The molecule has 7 heteroatoms. The normalized spacial score (nSPS) is 22.1. The summed E-state index contributed by atoms with van der Waals surface area (Å²) in [4.78, 5) is 25.9. The highest BCUT2D eigenvalue weighted by Gasteiger charge is 2.42. The fraction of sp³-hybridized carbons (Fsp3) is 0.529. The summed E-state index contributed by atoms with van der Waals surface area (Å²) in [6, 6.07) is 9.01. The lowest BCUT2D eigenvalue weighted by Crippen LogP contribution is -2.44. The van der Waals surface area contributed by atoms with Crippen LogP contribution in [0, 0.1) is 0 Å². The summed E-state index contributed by atoms with van der Waals surface area (Å²) in [6.07, 6.45) is 2.37. The van der Waals surface area contributed by atoms with E-state index in [0.29, 0.717) is 6.42 Å². The van der Waals surface area contributed by atoms with Crippen LogP contribution in [0.1, 0.15) is 24.8 Å². The zero-order valence-electron chi connectivity index (χ0n) is 13.4. The van der Waals surface area contributed by atoms with Gasteiger partial charge in [0.05, 0.1) is 17.9 Å². The SMILES string of the molecule is O=C(Cc1ccccc1)OCC(=O)N(C1CC1)[C@@H]1CCS(=O)(=O)C1. The van der Waals surface area contributed by atoms with Gasteiger partial charge in [-0.25, -0.2) is 8.42 Å². The molecule has 3 rings (SSSR count). The Morgan fingerprint density at radius 1 is 1.08 bits per heavy atom. The molecule has 1 heterocycles. The highest BCUT2D eigenvalue weighted by molar-refractivity contribution is 7.91. The summed E-state index contributed by atoms with van der Waals surface area (Å²) in [5.41, 5.74) is 0.830. The van der Waals surface area contributed by atoms with E-state index in [9.17, 15) is 18.0 Å². The van der Waals surface area contributed by atoms with Gasteiger partial charge >= 0.3 is 5.97 Å². The fourth-order valence-electron chi connectivity index (χ4n) is 3.08. The second kappa shape index (κ2) is 6.93. The zero-order valence-corrected chi connectivity index (χ0v) is 14.2. The van der Waals surface area contributed by atoms with Crippen LogP contribution in [0.5, 0.6) is 0 Å². The van der Waals surface area contributed by atoms with E-state index in [1.807, 2.05) is 30.3 Å². The second-order valence-corrected chi connectivity index (χ2v) is 8.64. The quantitative estimate of drug-likeness (QED) is 0.713. The first-order valence-corrected chi connectivity index (χ1v) is 9.98. The Balaban J connectivity index is 1.54. The fourth-order valence-corrected chi connectivity index (χ4v) is 4.79. The average molecular weight is 351 g/mol. The summed E-state index contributed by atoms with van der Waals surface area (Å²) in [5, 5.41) is 0. The van der Waals surface area contributed by atoms with E-state index in [1.54, 1.807) is 4.90 Å². The third kappa shape index (κ3) is 4.35. The molecule has 24 heavy (non-hydrogen) atoms. The Kier molecular flexibility index (Phi) is 4.89. The van der Waals surface area contributed by atoms with Gasteiger partial charge in [0.25, 0.3) is 5.91 Å². The maximum absolute atomic E-state index is 12.4. The highest BCUT2D eigenvalue weighted by atomic mass is 32.2. The zero-order chi connectivity index (χ0) is 17.2. The van der Waals surface area contributed by atoms with Crippen molar-refractivity contribution in [3.63, 3.8) is 0 Å². The number of carbonyl (C=O) groups is 2. The van der Waals surface area contributed by atoms with Crippen molar-refractivity contribution in [3.8, 4) is 0 Å². The van der Waals surface area contributed by atoms with Crippen LogP contribution in [-0.4, -0.2) is 55.4 Å². The van der Waals surface area contributed by atoms with Crippen LogP contribution in [-0.2, 0) is 30.6 Å². The summed E-state index contributed by atoms with van der Waals surface area (Å²) in [7, 11) is -3.05. The van der Waals surface area contributed by atoms with Gasteiger partial charge in [0.1, 0.15) is 0 Å². The molecule has 0 aromatic heterocycles. The van der Waals surface area contributed by atoms with Crippen LogP contribution < -0.4 is 0 Å². The topological polar surface area (TPSA) is 80.8 Å². The number of amides is 1. The maximum atomic E-state index is 12.4. The third-order valence-corrected chi connectivity index (χ3v) is 6.13. The molecule has 2 fully saturated rings. The number of hydrogen-bond donors (Lipinski definition) is 0. The van der Waals surface area contributed by atoms with Gasteiger partial charge in [0.15, 0.2) is 16.4 Å². The third-order valence-electron chi connectivity index (χ3n) is 4.38. The Hall–Kier alpha value is -1.89. The van der Waals surface area contributed by atoms with Gasteiger partial charge < -0.3 is 9.64 Å². The number of nitrogens with zero attached hydrogens (tertiary/aromatic N) is 1. The minimum atomic E-state index is -3.05. The number of ether oxygens (including phenoxy) is 1. The van der Waals surface area contributed by atoms with Crippen LogP contribution in [0.25, 0.3) is 0 Å². The Morgan fingerprint density at radius 3 is 2.38 bits per heavy atom. The molecule has 1 aromatic carbocycles. The number of carbonyl (C=O) groups excluding carboxylic acids is 2. The molecular formula is C17H21NO5S. The van der Waals surface area contributed by atoms with Crippen molar-refractivity contribution in [2.24, 2.45) is 0 Å². The molecule has 1 aromatic rings. The predicted octanol–water partition coefficient (Wildman–Crippen LogP) is 0.950. The van der Waals surface area contributed by atoms with E-state index in [0.717, 1.165) is 18.4 Å². The molecule has 0 radical (unpaired) electrons. The minimum absolute atomic E-state index is 0.0210. The first kappa shape index (κ1) is 17.0. The van der Waals surface area contributed by atoms with Crippen LogP contribution in [0.2, 0.25) is 0 Å².